The second-order valence-corrected chi connectivity index (χ2v) is 20.3. The molecular weight excluding hydrogens is 826 g/mol. The quantitative estimate of drug-likeness (QED) is 0.162. The summed E-state index contributed by atoms with van der Waals surface area (Å²) in [6.07, 6.45) is 0. The van der Waals surface area contributed by atoms with Gasteiger partial charge in [-0.05, 0) is 119 Å². The van der Waals surface area contributed by atoms with Crippen molar-refractivity contribution < 1.29 is 14.3 Å². The number of nitriles is 1. The van der Waals surface area contributed by atoms with Gasteiger partial charge in [-0.1, -0.05) is 169 Å². The van der Waals surface area contributed by atoms with E-state index in [1.165, 1.54) is 5.56 Å². The predicted octanol–water partition coefficient (Wildman–Crippen LogP) is 14.4. The molecule has 0 fully saturated rings. The monoisotopic (exact) mass is 880 g/mol. The lowest BCUT2D eigenvalue weighted by molar-refractivity contribution is 0.483. The van der Waals surface area contributed by atoms with Crippen LogP contribution in [0.4, 0.5) is 0 Å². The van der Waals surface area contributed by atoms with Gasteiger partial charge in [-0.2, -0.15) is 5.26 Å². The molecule has 4 heterocycles. The summed E-state index contributed by atoms with van der Waals surface area (Å²) in [4.78, 5) is 0. The molecule has 0 radical (unpaired) electrons. The molecule has 4 nitrogen and oxygen atoms in total. The molecule has 2 aromatic heterocycles. The average Bonchev–Trinajstić information content (AvgIpc) is 3.82. The Bertz CT molecular complexity index is 4530. The SMILES string of the molecule is [2H]c1c([2H])c([2H])c2c(c1[2H])c1c([2H])c(C#N)c([2H])c([2H])c1n2-c1cc2c3c(c1)-n1c4ccccc4c4ccccc4c4ccccc4c4cc(-c5cccc(C(C)(C)C)c5)cc(c41)B3c1ccc(C(C)(C)C)cc1O2. The van der Waals surface area contributed by atoms with Crippen LogP contribution in [0.3, 0.4) is 0 Å². The molecule has 0 amide bonds. The summed E-state index contributed by atoms with van der Waals surface area (Å²) in [6.45, 7) is 12.9. The van der Waals surface area contributed by atoms with Crippen molar-refractivity contribution >= 4 is 88.3 Å². The smallest absolute Gasteiger partial charge is 0.256 e. The fourth-order valence-corrected chi connectivity index (χ4v) is 10.9. The van der Waals surface area contributed by atoms with Gasteiger partial charge < -0.3 is 13.9 Å². The Labute approximate surface area is 406 Å². The molecule has 0 unspecified atom stereocenters. The first kappa shape index (κ1) is 33.4. The maximum atomic E-state index is 10.3. The highest BCUT2D eigenvalue weighted by atomic mass is 16.5. The van der Waals surface area contributed by atoms with Gasteiger partial charge >= 0.3 is 0 Å². The topological polar surface area (TPSA) is 42.9 Å². The number of ether oxygens (including phenoxy) is 1. The summed E-state index contributed by atoms with van der Waals surface area (Å²) in [7, 11) is 0. The van der Waals surface area contributed by atoms with Gasteiger partial charge in [0, 0.05) is 38.8 Å². The summed E-state index contributed by atoms with van der Waals surface area (Å²) < 4.78 is 75.8. The number of hydrogen-bond donors (Lipinski definition) is 0. The third-order valence-corrected chi connectivity index (χ3v) is 14.2. The van der Waals surface area contributed by atoms with E-state index in [0.29, 0.717) is 17.2 Å². The average molecular weight is 881 g/mol. The van der Waals surface area contributed by atoms with Gasteiger partial charge in [-0.3, -0.25) is 0 Å². The molecule has 11 aromatic rings. The zero-order valence-electron chi connectivity index (χ0n) is 45.6. The molecule has 0 atom stereocenters. The fourth-order valence-electron chi connectivity index (χ4n) is 10.9. The minimum Gasteiger partial charge on any atom is -0.458 e. The van der Waals surface area contributed by atoms with E-state index >= 15 is 0 Å². The molecule has 0 bridgehead atoms. The summed E-state index contributed by atoms with van der Waals surface area (Å²) in [5, 5.41) is 16.5. The molecular formula is C63H48BN3O. The summed E-state index contributed by atoms with van der Waals surface area (Å²) in [6, 6.07) is 48.4. The van der Waals surface area contributed by atoms with Crippen molar-refractivity contribution in [3.05, 3.63) is 199 Å². The number of fused-ring (bicyclic) bond motifs is 14. The largest absolute Gasteiger partial charge is 0.458 e. The minimum atomic E-state index is -0.508. The highest BCUT2D eigenvalue weighted by Gasteiger charge is 2.41. The first-order valence-electron chi connectivity index (χ1n) is 26.7. The Morgan fingerprint density at radius 1 is 0.515 bits per heavy atom. The molecule has 5 heteroatoms. The van der Waals surface area contributed by atoms with Gasteiger partial charge in [0.15, 0.2) is 0 Å². The molecule has 0 N–H and O–H groups in total. The Balaban J connectivity index is 1.31. The van der Waals surface area contributed by atoms with Gasteiger partial charge in [0.05, 0.1) is 43.5 Å². The number of benzene rings is 9. The summed E-state index contributed by atoms with van der Waals surface area (Å²) in [5.74, 6) is 1.18. The molecule has 13 rings (SSSR count). The van der Waals surface area contributed by atoms with Crippen LogP contribution in [0.5, 0.6) is 11.5 Å². The van der Waals surface area contributed by atoms with Gasteiger partial charge in [0.1, 0.15) is 11.5 Å². The van der Waals surface area contributed by atoms with Crippen molar-refractivity contribution in [2.75, 3.05) is 0 Å². The summed E-state index contributed by atoms with van der Waals surface area (Å²) >= 11 is 0. The van der Waals surface area contributed by atoms with E-state index in [0.717, 1.165) is 82.1 Å². The van der Waals surface area contributed by atoms with Crippen molar-refractivity contribution in [2.24, 2.45) is 0 Å². The number of para-hydroxylation sites is 2. The van der Waals surface area contributed by atoms with E-state index in [4.69, 9.17) is 8.85 Å². The van der Waals surface area contributed by atoms with E-state index in [-0.39, 0.29) is 63.0 Å². The highest BCUT2D eigenvalue weighted by Crippen LogP contribution is 2.42. The fraction of sp³-hybridized carbons (Fsp3) is 0.127. The van der Waals surface area contributed by atoms with Crippen LogP contribution in [0.1, 0.15) is 67.8 Å². The number of rotatable bonds is 2. The van der Waals surface area contributed by atoms with E-state index in [2.05, 4.69) is 174 Å². The third-order valence-electron chi connectivity index (χ3n) is 14.2. The summed E-state index contributed by atoms with van der Waals surface area (Å²) in [5.41, 5.74) is 9.71. The second kappa shape index (κ2) is 14.5. The van der Waals surface area contributed by atoms with Crippen LogP contribution in [0.15, 0.2) is 182 Å². The van der Waals surface area contributed by atoms with Crippen LogP contribution < -0.4 is 21.1 Å². The van der Waals surface area contributed by atoms with Crippen molar-refractivity contribution in [3.63, 3.8) is 0 Å². The minimum absolute atomic E-state index is 0.00290. The first-order chi connectivity index (χ1) is 35.9. The van der Waals surface area contributed by atoms with E-state index in [1.807, 2.05) is 18.2 Å². The second-order valence-electron chi connectivity index (χ2n) is 20.3. The van der Waals surface area contributed by atoms with Gasteiger partial charge in [0.25, 0.3) is 6.71 Å². The first-order valence-corrected chi connectivity index (χ1v) is 23.2. The lowest BCUT2D eigenvalue weighted by Crippen LogP contribution is -2.58. The molecule has 9 aromatic carbocycles. The van der Waals surface area contributed by atoms with Crippen LogP contribution in [0.25, 0.3) is 87.7 Å². The van der Waals surface area contributed by atoms with Gasteiger partial charge in [-0.25, -0.2) is 0 Å². The van der Waals surface area contributed by atoms with Crippen LogP contribution in [0.2, 0.25) is 0 Å². The Morgan fingerprint density at radius 2 is 1.18 bits per heavy atom. The number of aromatic nitrogens is 2. The molecule has 0 saturated carbocycles. The van der Waals surface area contributed by atoms with Crippen LogP contribution in [-0.4, -0.2) is 15.8 Å². The number of hydrogen-bond acceptors (Lipinski definition) is 2. The Morgan fingerprint density at radius 3 is 1.91 bits per heavy atom. The molecule has 0 saturated heterocycles. The highest BCUT2D eigenvalue weighted by molar-refractivity contribution is 6.99. The van der Waals surface area contributed by atoms with E-state index < -0.39 is 24.2 Å². The van der Waals surface area contributed by atoms with Crippen LogP contribution >= 0.6 is 0 Å². The molecule has 0 aliphatic carbocycles. The lowest BCUT2D eigenvalue weighted by Gasteiger charge is -2.36. The molecule has 2 aliphatic rings. The Hall–Kier alpha value is -8.07. The molecule has 68 heavy (non-hydrogen) atoms. The van der Waals surface area contributed by atoms with Crippen LogP contribution in [-0.2, 0) is 10.8 Å². The lowest BCUT2D eigenvalue weighted by atomic mass is 9.34. The van der Waals surface area contributed by atoms with Gasteiger partial charge in [0.2, 0.25) is 0 Å². The van der Waals surface area contributed by atoms with Crippen molar-refractivity contribution in [1.29, 1.82) is 5.26 Å². The molecule has 2 aliphatic heterocycles. The van der Waals surface area contributed by atoms with Crippen LogP contribution in [0, 0.1) is 11.3 Å². The third kappa shape index (κ3) is 5.93. The number of nitrogens with zero attached hydrogens (tertiary/aromatic N) is 3. The standard InChI is InChI=1S/C63H48BN3O/c1-62(2,3)41-17-15-16-39(31-41)40-32-51-47-21-10-8-19-45(47)44-18-7-9-20-46(44)48-22-11-14-25-55(48)67-57-35-43(66-54-24-13-12-23-49(54)50-30-38(37-65)26-29-56(50)66)36-59-60(57)64(53(33-40)61(51)67)52-28-27-42(63(4,5)6)34-58(52)68-59/h7-36H,1-6H3/i12D,13D,23D,24D,26D,29D,30D. The van der Waals surface area contributed by atoms with Crippen molar-refractivity contribution in [3.8, 4) is 40.1 Å². The van der Waals surface area contributed by atoms with E-state index in [9.17, 15) is 10.7 Å². The van der Waals surface area contributed by atoms with Gasteiger partial charge in [-0.15, -0.1) is 0 Å². The normalized spacial score (nSPS) is 14.4. The van der Waals surface area contributed by atoms with Crippen molar-refractivity contribution in [1.82, 2.24) is 9.13 Å². The van der Waals surface area contributed by atoms with Crippen molar-refractivity contribution in [2.45, 2.75) is 52.4 Å². The predicted molar refractivity (Wildman–Crippen MR) is 286 cm³/mol. The maximum Gasteiger partial charge on any atom is 0.256 e. The zero-order chi connectivity index (χ0) is 52.3. The van der Waals surface area contributed by atoms with E-state index in [1.54, 1.807) is 4.57 Å². The maximum absolute atomic E-state index is 10.3. The Kier molecular flexibility index (Phi) is 7.11. The zero-order valence-corrected chi connectivity index (χ0v) is 38.6. The molecule has 324 valence electrons. The molecule has 0 spiro atoms.